The SMILES string of the molecule is CCOc1cccc(Cl)c1NC(=O)c1cc2ccccc2c(N=Nc2cc(S(=O)(=O)O)cc(Cl)c2CC)c1O. The quantitative estimate of drug-likeness (QED) is 0.142. The van der Waals surface area contributed by atoms with Crippen LogP contribution in [0.15, 0.2) is 75.8 Å². The number of phenols is 1. The van der Waals surface area contributed by atoms with Gasteiger partial charge < -0.3 is 15.2 Å². The predicted octanol–water partition coefficient (Wildman–Crippen LogP) is 7.73. The number of fused-ring (bicyclic) bond motifs is 1. The summed E-state index contributed by atoms with van der Waals surface area (Å²) in [5, 5.41) is 23.6. The first-order chi connectivity index (χ1) is 18.5. The summed E-state index contributed by atoms with van der Waals surface area (Å²) >= 11 is 12.5. The van der Waals surface area contributed by atoms with E-state index in [0.717, 1.165) is 12.1 Å². The van der Waals surface area contributed by atoms with E-state index < -0.39 is 26.7 Å². The Labute approximate surface area is 234 Å². The van der Waals surface area contributed by atoms with Crippen molar-refractivity contribution in [3.8, 4) is 11.5 Å². The lowest BCUT2D eigenvalue weighted by Crippen LogP contribution is -2.14. The Morgan fingerprint density at radius 2 is 1.74 bits per heavy atom. The van der Waals surface area contributed by atoms with Crippen LogP contribution in [0.1, 0.15) is 29.8 Å². The van der Waals surface area contributed by atoms with Crippen LogP contribution in [0.5, 0.6) is 11.5 Å². The number of carbonyl (C=O) groups is 1. The van der Waals surface area contributed by atoms with Gasteiger partial charge in [-0.15, -0.1) is 5.11 Å². The van der Waals surface area contributed by atoms with Crippen molar-refractivity contribution in [1.82, 2.24) is 0 Å². The minimum absolute atomic E-state index is 0.0297. The molecule has 0 bridgehead atoms. The van der Waals surface area contributed by atoms with Crippen molar-refractivity contribution in [1.29, 1.82) is 0 Å². The summed E-state index contributed by atoms with van der Waals surface area (Å²) in [5.74, 6) is -0.773. The van der Waals surface area contributed by atoms with Crippen LogP contribution in [0.25, 0.3) is 10.8 Å². The van der Waals surface area contributed by atoms with Crippen LogP contribution in [0.3, 0.4) is 0 Å². The number of phenolic OH excluding ortho intramolecular Hbond substituents is 1. The third-order valence-corrected chi connectivity index (χ3v) is 7.29. The van der Waals surface area contributed by atoms with Gasteiger partial charge in [-0.2, -0.15) is 13.5 Å². The maximum atomic E-state index is 13.3. The Morgan fingerprint density at radius 3 is 2.44 bits per heavy atom. The van der Waals surface area contributed by atoms with Crippen molar-refractivity contribution in [2.45, 2.75) is 25.2 Å². The smallest absolute Gasteiger partial charge is 0.294 e. The minimum Gasteiger partial charge on any atom is -0.505 e. The number of rotatable bonds is 8. The Morgan fingerprint density at radius 1 is 1.00 bits per heavy atom. The zero-order valence-electron chi connectivity index (χ0n) is 20.8. The van der Waals surface area contributed by atoms with Crippen LogP contribution < -0.4 is 10.1 Å². The lowest BCUT2D eigenvalue weighted by atomic mass is 10.0. The highest BCUT2D eigenvalue weighted by Crippen LogP contribution is 2.41. The van der Waals surface area contributed by atoms with Gasteiger partial charge in [0.25, 0.3) is 16.0 Å². The first-order valence-corrected chi connectivity index (χ1v) is 13.9. The molecule has 9 nitrogen and oxygen atoms in total. The maximum absolute atomic E-state index is 13.3. The second kappa shape index (κ2) is 11.6. The van der Waals surface area contributed by atoms with Gasteiger partial charge in [-0.25, -0.2) is 0 Å². The number of azo groups is 1. The molecule has 0 atom stereocenters. The van der Waals surface area contributed by atoms with Crippen LogP contribution in [0, 0.1) is 0 Å². The predicted molar refractivity (Wildman–Crippen MR) is 151 cm³/mol. The summed E-state index contributed by atoms with van der Waals surface area (Å²) in [6, 6.07) is 15.6. The van der Waals surface area contributed by atoms with E-state index in [1.54, 1.807) is 56.3 Å². The zero-order chi connectivity index (χ0) is 28.3. The monoisotopic (exact) mass is 587 g/mol. The molecule has 0 aliphatic carbocycles. The highest BCUT2D eigenvalue weighted by atomic mass is 35.5. The highest BCUT2D eigenvalue weighted by molar-refractivity contribution is 7.85. The molecule has 0 spiro atoms. The van der Waals surface area contributed by atoms with Crippen molar-refractivity contribution in [3.05, 3.63) is 81.8 Å². The van der Waals surface area contributed by atoms with E-state index in [0.29, 0.717) is 35.1 Å². The van der Waals surface area contributed by atoms with Gasteiger partial charge in [-0.3, -0.25) is 9.35 Å². The molecule has 0 fully saturated rings. The topological polar surface area (TPSA) is 138 Å². The number of halogens is 2. The molecule has 1 amide bonds. The summed E-state index contributed by atoms with van der Waals surface area (Å²) in [5.41, 5.74) is 0.662. The molecular weight excluding hydrogens is 565 g/mol. The molecule has 0 aromatic heterocycles. The second-order valence-electron chi connectivity index (χ2n) is 8.27. The van der Waals surface area contributed by atoms with E-state index in [2.05, 4.69) is 15.5 Å². The number of hydrogen-bond donors (Lipinski definition) is 3. The highest BCUT2D eigenvalue weighted by Gasteiger charge is 2.21. The molecule has 0 saturated carbocycles. The molecule has 0 aliphatic heterocycles. The van der Waals surface area contributed by atoms with Crippen molar-refractivity contribution in [3.63, 3.8) is 0 Å². The van der Waals surface area contributed by atoms with Gasteiger partial charge in [0.2, 0.25) is 0 Å². The lowest BCUT2D eigenvalue weighted by Gasteiger charge is -2.15. The van der Waals surface area contributed by atoms with Crippen molar-refractivity contribution in [2.24, 2.45) is 10.2 Å². The molecule has 4 aromatic carbocycles. The van der Waals surface area contributed by atoms with Crippen molar-refractivity contribution < 1.29 is 27.6 Å². The molecule has 0 saturated heterocycles. The number of nitrogens with zero attached hydrogens (tertiary/aromatic N) is 2. The minimum atomic E-state index is -4.57. The molecule has 0 aliphatic rings. The van der Waals surface area contributed by atoms with Crippen molar-refractivity contribution >= 4 is 67.1 Å². The second-order valence-corrected chi connectivity index (χ2v) is 10.5. The van der Waals surface area contributed by atoms with Gasteiger partial charge >= 0.3 is 0 Å². The van der Waals surface area contributed by atoms with Crippen LogP contribution in [0.4, 0.5) is 17.1 Å². The van der Waals surface area contributed by atoms with E-state index in [1.807, 2.05) is 0 Å². The molecule has 3 N–H and O–H groups in total. The molecule has 4 aromatic rings. The number of para-hydroxylation sites is 1. The van der Waals surface area contributed by atoms with Gasteiger partial charge in [0.1, 0.15) is 17.1 Å². The Hall–Kier alpha value is -3.70. The van der Waals surface area contributed by atoms with Crippen LogP contribution >= 0.6 is 23.2 Å². The number of amides is 1. The fraction of sp³-hybridized carbons (Fsp3) is 0.148. The van der Waals surface area contributed by atoms with Crippen molar-refractivity contribution in [2.75, 3.05) is 11.9 Å². The fourth-order valence-electron chi connectivity index (χ4n) is 3.96. The lowest BCUT2D eigenvalue weighted by molar-refractivity contribution is 0.102. The number of aromatic hydroxyl groups is 1. The van der Waals surface area contributed by atoms with E-state index in [1.165, 1.54) is 6.07 Å². The third kappa shape index (κ3) is 5.99. The van der Waals surface area contributed by atoms with Gasteiger partial charge in [-0.05, 0) is 54.6 Å². The number of carbonyl (C=O) groups excluding carboxylic acids is 1. The normalized spacial score (nSPS) is 11.7. The molecule has 202 valence electrons. The number of hydrogen-bond acceptors (Lipinski definition) is 7. The number of anilines is 1. The largest absolute Gasteiger partial charge is 0.505 e. The van der Waals surface area contributed by atoms with Gasteiger partial charge in [0, 0.05) is 10.4 Å². The number of ether oxygens (including phenoxy) is 1. The zero-order valence-corrected chi connectivity index (χ0v) is 23.1. The standard InChI is InChI=1S/C27H23Cl2N3O6S/c1-3-17-21(29)13-16(39(35,36)37)14-22(17)31-32-24-18-9-6-5-8-15(18)12-19(26(24)33)27(34)30-25-20(28)10-7-11-23(25)38-4-2/h5-14,33H,3-4H2,1-2H3,(H,30,34)(H,35,36,37). The average molecular weight is 588 g/mol. The first-order valence-electron chi connectivity index (χ1n) is 11.7. The third-order valence-electron chi connectivity index (χ3n) is 5.81. The average Bonchev–Trinajstić information content (AvgIpc) is 2.89. The van der Waals surface area contributed by atoms with E-state index >= 15 is 0 Å². The summed E-state index contributed by atoms with van der Waals surface area (Å²) in [6.45, 7) is 3.93. The van der Waals surface area contributed by atoms with Gasteiger partial charge in [0.05, 0.1) is 27.8 Å². The first kappa shape index (κ1) is 28.3. The van der Waals surface area contributed by atoms with Gasteiger partial charge in [0.15, 0.2) is 5.75 Å². The number of nitrogens with one attached hydrogen (secondary N) is 1. The molecule has 4 rings (SSSR count). The fourth-order valence-corrected chi connectivity index (χ4v) is 5.12. The molecule has 0 heterocycles. The van der Waals surface area contributed by atoms with Crippen LogP contribution in [-0.2, 0) is 16.5 Å². The molecule has 12 heteroatoms. The molecule has 39 heavy (non-hydrogen) atoms. The summed E-state index contributed by atoms with van der Waals surface area (Å²) in [7, 11) is -4.57. The summed E-state index contributed by atoms with van der Waals surface area (Å²) in [6.07, 6.45) is 0.383. The van der Waals surface area contributed by atoms with Crippen LogP contribution in [-0.4, -0.2) is 30.6 Å². The van der Waals surface area contributed by atoms with E-state index in [4.69, 9.17) is 27.9 Å². The Bertz CT molecular complexity index is 1720. The van der Waals surface area contributed by atoms with E-state index in [-0.39, 0.29) is 32.7 Å². The van der Waals surface area contributed by atoms with E-state index in [9.17, 15) is 22.9 Å². The summed E-state index contributed by atoms with van der Waals surface area (Å²) < 4.78 is 38.5. The summed E-state index contributed by atoms with van der Waals surface area (Å²) in [4.78, 5) is 12.9. The molecule has 0 radical (unpaired) electrons. The van der Waals surface area contributed by atoms with Crippen LogP contribution in [0.2, 0.25) is 10.0 Å². The Balaban J connectivity index is 1.84. The Kier molecular flexibility index (Phi) is 8.41. The molecule has 0 unspecified atom stereocenters. The van der Waals surface area contributed by atoms with Gasteiger partial charge in [-0.1, -0.05) is 60.5 Å². The number of benzene rings is 4. The molecular formula is C27H23Cl2N3O6S. The maximum Gasteiger partial charge on any atom is 0.294 e.